The molecular weight excluding hydrogens is 487 g/mol. The quantitative estimate of drug-likeness (QED) is 0.270. The zero-order valence-corrected chi connectivity index (χ0v) is 20.8. The highest BCUT2D eigenvalue weighted by atomic mass is 35.5. The summed E-state index contributed by atoms with van der Waals surface area (Å²) >= 11 is 12.0. The van der Waals surface area contributed by atoms with Crippen molar-refractivity contribution < 1.29 is 14.3 Å². The Balaban J connectivity index is 1.58. The van der Waals surface area contributed by atoms with Crippen LogP contribution in [0.3, 0.4) is 0 Å². The van der Waals surface area contributed by atoms with E-state index in [2.05, 4.69) is 15.4 Å². The molecule has 0 bridgehead atoms. The minimum absolute atomic E-state index is 0.264. The van der Waals surface area contributed by atoms with Crippen molar-refractivity contribution in [3.05, 3.63) is 87.9 Å². The molecule has 35 heavy (non-hydrogen) atoms. The van der Waals surface area contributed by atoms with Crippen LogP contribution in [0.25, 0.3) is 17.1 Å². The summed E-state index contributed by atoms with van der Waals surface area (Å²) in [7, 11) is 0. The number of rotatable bonds is 9. The third kappa shape index (κ3) is 6.00. The van der Waals surface area contributed by atoms with Crippen LogP contribution in [0.15, 0.2) is 66.7 Å². The van der Waals surface area contributed by atoms with Crippen LogP contribution in [-0.4, -0.2) is 40.5 Å². The van der Waals surface area contributed by atoms with Crippen molar-refractivity contribution in [2.24, 2.45) is 0 Å². The molecule has 1 N–H and O–H groups in total. The predicted molar refractivity (Wildman–Crippen MR) is 138 cm³/mol. The Bertz CT molecular complexity index is 1320. The maximum atomic E-state index is 12.6. The van der Waals surface area contributed by atoms with Gasteiger partial charge in [0, 0.05) is 23.4 Å². The standard InChI is InChI=1S/C26H24Cl2N4O3/c1-3-34-14-15-35-26-30-24(21-7-5-4-6-17(21)2)32(31-26)20-11-9-19(10-12-20)29-25(33)18-8-13-22(27)23(28)16-18/h4-13,16H,3,14-15H2,1-2H3,(H,29,33). The molecule has 0 saturated carbocycles. The van der Waals surface area contributed by atoms with Gasteiger partial charge in [-0.05, 0) is 61.9 Å². The SMILES string of the molecule is CCOCCOc1nc(-c2ccccc2C)n(-c2ccc(NC(=O)c3ccc(Cl)c(Cl)c3)cc2)n1. The van der Waals surface area contributed by atoms with Gasteiger partial charge in [-0.1, -0.05) is 47.5 Å². The molecule has 0 radical (unpaired) electrons. The Morgan fingerprint density at radius 2 is 1.77 bits per heavy atom. The molecule has 180 valence electrons. The summed E-state index contributed by atoms with van der Waals surface area (Å²) in [6.07, 6.45) is 0. The highest BCUT2D eigenvalue weighted by Gasteiger charge is 2.17. The monoisotopic (exact) mass is 510 g/mol. The second kappa shape index (κ2) is 11.4. The summed E-state index contributed by atoms with van der Waals surface area (Å²) in [5.74, 6) is 0.366. The van der Waals surface area contributed by atoms with E-state index in [9.17, 15) is 4.79 Å². The van der Waals surface area contributed by atoms with Crippen molar-refractivity contribution in [2.45, 2.75) is 13.8 Å². The predicted octanol–water partition coefficient (Wildman–Crippen LogP) is 6.22. The van der Waals surface area contributed by atoms with Crippen molar-refractivity contribution in [1.29, 1.82) is 0 Å². The fourth-order valence-electron chi connectivity index (χ4n) is 3.40. The first kappa shape index (κ1) is 24.7. The molecule has 9 heteroatoms. The molecule has 7 nitrogen and oxygen atoms in total. The number of nitrogens with one attached hydrogen (secondary N) is 1. The number of aryl methyl sites for hydroxylation is 1. The molecule has 0 fully saturated rings. The smallest absolute Gasteiger partial charge is 0.336 e. The lowest BCUT2D eigenvalue weighted by Crippen LogP contribution is -2.12. The number of nitrogens with zero attached hydrogens (tertiary/aromatic N) is 3. The Morgan fingerprint density at radius 3 is 2.49 bits per heavy atom. The van der Waals surface area contributed by atoms with Gasteiger partial charge in [-0.2, -0.15) is 4.98 Å². The van der Waals surface area contributed by atoms with E-state index in [1.54, 1.807) is 28.9 Å². The molecule has 4 aromatic rings. The highest BCUT2D eigenvalue weighted by molar-refractivity contribution is 6.42. The molecule has 0 atom stereocenters. The number of ether oxygens (including phenoxy) is 2. The van der Waals surface area contributed by atoms with Crippen LogP contribution in [0.1, 0.15) is 22.8 Å². The van der Waals surface area contributed by atoms with Crippen LogP contribution in [0.2, 0.25) is 10.0 Å². The number of benzene rings is 3. The van der Waals surface area contributed by atoms with Gasteiger partial charge in [-0.3, -0.25) is 4.79 Å². The van der Waals surface area contributed by atoms with Crippen molar-refractivity contribution in [2.75, 3.05) is 25.1 Å². The minimum atomic E-state index is -0.289. The van der Waals surface area contributed by atoms with Crippen molar-refractivity contribution in [3.8, 4) is 23.1 Å². The van der Waals surface area contributed by atoms with Gasteiger partial charge in [0.15, 0.2) is 5.82 Å². The van der Waals surface area contributed by atoms with E-state index in [4.69, 9.17) is 32.7 Å². The molecule has 3 aromatic carbocycles. The summed E-state index contributed by atoms with van der Waals surface area (Å²) in [5.41, 5.74) is 3.80. The van der Waals surface area contributed by atoms with Gasteiger partial charge < -0.3 is 14.8 Å². The third-order valence-corrected chi connectivity index (χ3v) is 5.93. The van der Waals surface area contributed by atoms with Crippen LogP contribution in [0.4, 0.5) is 5.69 Å². The first-order valence-electron chi connectivity index (χ1n) is 11.1. The molecule has 0 unspecified atom stereocenters. The zero-order valence-electron chi connectivity index (χ0n) is 19.3. The highest BCUT2D eigenvalue weighted by Crippen LogP contribution is 2.27. The molecule has 0 saturated heterocycles. The summed E-state index contributed by atoms with van der Waals surface area (Å²) in [6, 6.07) is 20.2. The molecule has 0 aliphatic heterocycles. The largest absolute Gasteiger partial charge is 0.460 e. The third-order valence-electron chi connectivity index (χ3n) is 5.19. The first-order valence-corrected chi connectivity index (χ1v) is 11.8. The summed E-state index contributed by atoms with van der Waals surface area (Å²) in [4.78, 5) is 17.2. The van der Waals surface area contributed by atoms with E-state index in [-0.39, 0.29) is 11.9 Å². The summed E-state index contributed by atoms with van der Waals surface area (Å²) in [5, 5.41) is 8.14. The summed E-state index contributed by atoms with van der Waals surface area (Å²) in [6.45, 7) is 5.38. The first-order chi connectivity index (χ1) is 17.0. The molecule has 1 heterocycles. The number of aromatic nitrogens is 3. The molecule has 0 aliphatic rings. The zero-order chi connectivity index (χ0) is 24.8. The molecule has 0 spiro atoms. The normalized spacial score (nSPS) is 10.9. The van der Waals surface area contributed by atoms with Gasteiger partial charge in [0.25, 0.3) is 5.91 Å². The van der Waals surface area contributed by atoms with Crippen molar-refractivity contribution in [3.63, 3.8) is 0 Å². The molecule has 1 amide bonds. The fraction of sp³-hybridized carbons (Fsp3) is 0.192. The van der Waals surface area contributed by atoms with Crippen LogP contribution in [-0.2, 0) is 4.74 Å². The summed E-state index contributed by atoms with van der Waals surface area (Å²) < 4.78 is 12.8. The van der Waals surface area contributed by atoms with Crippen LogP contribution in [0.5, 0.6) is 6.01 Å². The number of hydrogen-bond acceptors (Lipinski definition) is 5. The molecule has 0 aliphatic carbocycles. The molecule has 4 rings (SSSR count). The Morgan fingerprint density at radius 1 is 1.00 bits per heavy atom. The van der Waals surface area contributed by atoms with E-state index >= 15 is 0 Å². The maximum absolute atomic E-state index is 12.6. The Hall–Kier alpha value is -3.39. The Kier molecular flexibility index (Phi) is 8.02. The number of halogens is 2. The fourth-order valence-corrected chi connectivity index (χ4v) is 3.69. The van der Waals surface area contributed by atoms with E-state index in [0.29, 0.717) is 46.9 Å². The Labute approximate surface area is 213 Å². The van der Waals surface area contributed by atoms with Crippen LogP contribution in [0, 0.1) is 6.92 Å². The van der Waals surface area contributed by atoms with E-state index in [0.717, 1.165) is 16.8 Å². The molecular formula is C26H24Cl2N4O3. The topological polar surface area (TPSA) is 78.3 Å². The lowest BCUT2D eigenvalue weighted by molar-refractivity contribution is 0.102. The number of carbonyl (C=O) groups is 1. The van der Waals surface area contributed by atoms with E-state index < -0.39 is 0 Å². The minimum Gasteiger partial charge on any atom is -0.460 e. The van der Waals surface area contributed by atoms with Crippen molar-refractivity contribution in [1.82, 2.24) is 14.8 Å². The van der Waals surface area contributed by atoms with E-state index in [1.165, 1.54) is 6.07 Å². The van der Waals surface area contributed by atoms with Gasteiger partial charge in [-0.25, -0.2) is 4.68 Å². The number of hydrogen-bond donors (Lipinski definition) is 1. The lowest BCUT2D eigenvalue weighted by Gasteiger charge is -2.10. The second-order valence-corrected chi connectivity index (χ2v) is 8.43. The lowest BCUT2D eigenvalue weighted by atomic mass is 10.1. The average Bonchev–Trinajstić information content (AvgIpc) is 3.28. The van der Waals surface area contributed by atoms with Crippen LogP contribution >= 0.6 is 23.2 Å². The van der Waals surface area contributed by atoms with Crippen LogP contribution < -0.4 is 10.1 Å². The average molecular weight is 511 g/mol. The van der Waals surface area contributed by atoms with E-state index in [1.807, 2.05) is 50.2 Å². The van der Waals surface area contributed by atoms with Gasteiger partial charge in [-0.15, -0.1) is 5.10 Å². The number of carbonyl (C=O) groups excluding carboxylic acids is 1. The number of amides is 1. The van der Waals surface area contributed by atoms with Gasteiger partial charge in [0.1, 0.15) is 6.61 Å². The maximum Gasteiger partial charge on any atom is 0.336 e. The second-order valence-electron chi connectivity index (χ2n) is 7.62. The molecule has 1 aromatic heterocycles. The van der Waals surface area contributed by atoms with Crippen molar-refractivity contribution >= 4 is 34.8 Å². The van der Waals surface area contributed by atoms with Gasteiger partial charge in [0.2, 0.25) is 0 Å². The van der Waals surface area contributed by atoms with Gasteiger partial charge >= 0.3 is 6.01 Å². The number of anilines is 1. The van der Waals surface area contributed by atoms with Gasteiger partial charge in [0.05, 0.1) is 22.3 Å².